The molecule has 4 aliphatic carbocycles. The van der Waals surface area contributed by atoms with E-state index in [9.17, 15) is 19.8 Å². The Morgan fingerprint density at radius 1 is 1.12 bits per heavy atom. The van der Waals surface area contributed by atoms with Crippen LogP contribution in [0.15, 0.2) is 0 Å². The lowest BCUT2D eigenvalue weighted by atomic mass is 9.44. The zero-order valence-electron chi connectivity index (χ0n) is 21.9. The number of carbonyl (C=O) groups is 2. The molecule has 0 aromatic rings. The van der Waals surface area contributed by atoms with Gasteiger partial charge in [0.2, 0.25) is 0 Å². The highest BCUT2D eigenvalue weighted by atomic mass is 28.4. The van der Waals surface area contributed by atoms with Crippen molar-refractivity contribution in [1.29, 1.82) is 0 Å². The minimum Gasteiger partial charge on any atom is -0.414 e. The summed E-state index contributed by atoms with van der Waals surface area (Å²) in [6, 6.07) is 0. The zero-order valence-corrected chi connectivity index (χ0v) is 22.9. The van der Waals surface area contributed by atoms with Crippen molar-refractivity contribution in [3.8, 4) is 0 Å². The average molecular weight is 479 g/mol. The summed E-state index contributed by atoms with van der Waals surface area (Å²) in [4.78, 5) is 26.3. The highest BCUT2D eigenvalue weighted by molar-refractivity contribution is 6.74. The number of fused-ring (bicyclic) bond motifs is 5. The maximum atomic E-state index is 13.8. The van der Waals surface area contributed by atoms with Crippen LogP contribution in [0.3, 0.4) is 0 Å². The molecule has 4 fully saturated rings. The van der Waals surface area contributed by atoms with Gasteiger partial charge in [0.05, 0.1) is 0 Å². The van der Waals surface area contributed by atoms with Gasteiger partial charge in [0.25, 0.3) is 0 Å². The fourth-order valence-electron chi connectivity index (χ4n) is 8.33. The first-order valence-electron chi connectivity index (χ1n) is 13.2. The molecule has 0 amide bonds. The summed E-state index contributed by atoms with van der Waals surface area (Å²) in [5.41, 5.74) is -2.34. The van der Waals surface area contributed by atoms with Gasteiger partial charge in [0, 0.05) is 23.9 Å². The summed E-state index contributed by atoms with van der Waals surface area (Å²) in [6.45, 7) is 15.2. The van der Waals surface area contributed by atoms with E-state index < -0.39 is 31.7 Å². The topological polar surface area (TPSA) is 83.8 Å². The second kappa shape index (κ2) is 7.97. The molecule has 2 N–H and O–H groups in total. The van der Waals surface area contributed by atoms with Crippen LogP contribution in [0.4, 0.5) is 0 Å². The third kappa shape index (κ3) is 3.65. The predicted octanol–water partition coefficient (Wildman–Crippen LogP) is 4.89. The molecule has 4 saturated carbocycles. The lowest BCUT2D eigenvalue weighted by molar-refractivity contribution is -0.179. The van der Waals surface area contributed by atoms with Crippen molar-refractivity contribution < 1.29 is 24.2 Å². The molecule has 0 spiro atoms. The molecule has 0 aromatic heterocycles. The minimum absolute atomic E-state index is 0.0175. The molecule has 6 heteroatoms. The number of aliphatic hydroxyl groups is 2. The van der Waals surface area contributed by atoms with Crippen molar-refractivity contribution in [2.45, 2.75) is 116 Å². The van der Waals surface area contributed by atoms with Gasteiger partial charge in [-0.15, -0.1) is 0 Å². The van der Waals surface area contributed by atoms with Crippen LogP contribution in [0.1, 0.15) is 86.0 Å². The first-order chi connectivity index (χ1) is 15.1. The van der Waals surface area contributed by atoms with E-state index in [2.05, 4.69) is 40.8 Å². The maximum Gasteiger partial charge on any atom is 0.192 e. The molecule has 0 bridgehead atoms. The summed E-state index contributed by atoms with van der Waals surface area (Å²) >= 11 is 0. The number of hydrogen-bond acceptors (Lipinski definition) is 5. The lowest BCUT2D eigenvalue weighted by Gasteiger charge is -2.60. The van der Waals surface area contributed by atoms with Gasteiger partial charge in [0.15, 0.2) is 14.1 Å². The van der Waals surface area contributed by atoms with E-state index in [4.69, 9.17) is 4.43 Å². The van der Waals surface area contributed by atoms with Gasteiger partial charge >= 0.3 is 0 Å². The smallest absolute Gasteiger partial charge is 0.192 e. The third-order valence-corrected chi connectivity index (χ3v) is 15.9. The Labute approximate surface area is 201 Å². The second-order valence-electron chi connectivity index (χ2n) is 13.8. The van der Waals surface area contributed by atoms with Crippen LogP contribution in [0, 0.1) is 34.5 Å². The molecule has 33 heavy (non-hydrogen) atoms. The van der Waals surface area contributed by atoms with Crippen LogP contribution >= 0.6 is 0 Å². The fraction of sp³-hybridized carbons (Fsp3) is 0.926. The molecule has 0 aliphatic heterocycles. The van der Waals surface area contributed by atoms with Crippen molar-refractivity contribution in [3.63, 3.8) is 0 Å². The van der Waals surface area contributed by atoms with Crippen LogP contribution in [0.2, 0.25) is 18.1 Å². The van der Waals surface area contributed by atoms with Crippen LogP contribution in [-0.2, 0) is 14.0 Å². The van der Waals surface area contributed by atoms with E-state index >= 15 is 0 Å². The number of carbonyl (C=O) groups excluding carboxylic acids is 2. The molecule has 4 aliphatic rings. The molecule has 0 unspecified atom stereocenters. The molecule has 0 radical (unpaired) electrons. The predicted molar refractivity (Wildman–Crippen MR) is 131 cm³/mol. The van der Waals surface area contributed by atoms with Crippen LogP contribution in [0.5, 0.6) is 0 Å². The van der Waals surface area contributed by atoms with E-state index in [0.717, 1.165) is 38.5 Å². The molecular formula is C27H46O5Si. The van der Waals surface area contributed by atoms with Crippen molar-refractivity contribution in [2.24, 2.45) is 34.5 Å². The van der Waals surface area contributed by atoms with Gasteiger partial charge in [-0.2, -0.15) is 0 Å². The number of hydrogen-bond donors (Lipinski definition) is 2. The van der Waals surface area contributed by atoms with E-state index in [1.807, 2.05) is 6.92 Å². The van der Waals surface area contributed by atoms with Gasteiger partial charge in [-0.05, 0) is 86.2 Å². The van der Waals surface area contributed by atoms with Gasteiger partial charge in [0.1, 0.15) is 18.0 Å². The number of aliphatic hydroxyl groups excluding tert-OH is 1. The number of Topliss-reactive ketones (excluding diaryl/α,β-unsaturated/α-hetero) is 2. The Bertz CT molecular complexity index is 818. The Hall–Kier alpha value is -0.563. The molecule has 0 saturated heterocycles. The Morgan fingerprint density at radius 3 is 2.39 bits per heavy atom. The van der Waals surface area contributed by atoms with Crippen molar-refractivity contribution in [1.82, 2.24) is 0 Å². The molecular weight excluding hydrogens is 432 g/mol. The normalized spacial score (nSPS) is 45.8. The van der Waals surface area contributed by atoms with E-state index in [0.29, 0.717) is 18.4 Å². The van der Waals surface area contributed by atoms with Crippen molar-refractivity contribution >= 4 is 19.9 Å². The summed E-state index contributed by atoms with van der Waals surface area (Å²) < 4.78 is 6.81. The van der Waals surface area contributed by atoms with Crippen molar-refractivity contribution in [3.05, 3.63) is 0 Å². The minimum atomic E-state index is -1.83. The maximum absolute atomic E-state index is 13.8. The van der Waals surface area contributed by atoms with E-state index in [1.165, 1.54) is 0 Å². The summed E-state index contributed by atoms with van der Waals surface area (Å²) in [5.74, 6) is 0.642. The number of rotatable bonds is 4. The SMILES string of the molecule is CC(C)(C)[Si](C)(C)O[C@@H]1CC[C@@]2(C)[C@H](CC[C@@H]3[C@@H]2C(=O)C[C@@]2(C)[C@H]3CC[C@]2(O)C(=O)CO)C1. The standard InChI is InChI=1S/C27H46O5Si/c1-24(2,3)33(6,7)32-18-10-12-25(4)17(14-18)8-9-19-20-11-13-27(31,22(30)16-28)26(20,5)15-21(29)23(19)25/h17-20,23,28,31H,8-16H2,1-7H3/t17-,18-,19+,20+,23-,25+,26+,27+/m1/s1. The van der Waals surface area contributed by atoms with Gasteiger partial charge in [-0.25, -0.2) is 0 Å². The molecule has 5 nitrogen and oxygen atoms in total. The fourth-order valence-corrected chi connectivity index (χ4v) is 9.73. The Balaban J connectivity index is 1.56. The molecule has 0 heterocycles. The molecule has 8 atom stereocenters. The first kappa shape index (κ1) is 25.5. The van der Waals surface area contributed by atoms with Gasteiger partial charge in [-0.3, -0.25) is 9.59 Å². The summed E-state index contributed by atoms with van der Waals surface area (Å²) in [6.07, 6.45) is 6.87. The molecule has 0 aromatic carbocycles. The lowest BCUT2D eigenvalue weighted by Crippen LogP contribution is -2.62. The summed E-state index contributed by atoms with van der Waals surface area (Å²) in [5, 5.41) is 21.1. The van der Waals surface area contributed by atoms with Crippen LogP contribution < -0.4 is 0 Å². The quantitative estimate of drug-likeness (QED) is 0.562. The molecule has 4 rings (SSSR count). The molecule has 188 valence electrons. The van der Waals surface area contributed by atoms with Crippen molar-refractivity contribution in [2.75, 3.05) is 6.61 Å². The second-order valence-corrected chi connectivity index (χ2v) is 18.6. The van der Waals surface area contributed by atoms with Gasteiger partial charge < -0.3 is 14.6 Å². The van der Waals surface area contributed by atoms with Crippen LogP contribution in [0.25, 0.3) is 0 Å². The van der Waals surface area contributed by atoms with Gasteiger partial charge in [-0.1, -0.05) is 34.6 Å². The zero-order chi connectivity index (χ0) is 24.6. The van der Waals surface area contributed by atoms with Crippen LogP contribution in [-0.4, -0.2) is 48.4 Å². The summed E-state index contributed by atoms with van der Waals surface area (Å²) in [7, 11) is -1.83. The average Bonchev–Trinajstić information content (AvgIpc) is 2.97. The highest BCUT2D eigenvalue weighted by Crippen LogP contribution is 2.67. The number of ketones is 2. The first-order valence-corrected chi connectivity index (χ1v) is 16.1. The van der Waals surface area contributed by atoms with E-state index in [-0.39, 0.29) is 40.4 Å². The third-order valence-electron chi connectivity index (χ3n) is 11.3. The largest absolute Gasteiger partial charge is 0.414 e. The monoisotopic (exact) mass is 478 g/mol. The Morgan fingerprint density at radius 2 is 1.79 bits per heavy atom. The van der Waals surface area contributed by atoms with E-state index in [1.54, 1.807) is 0 Å². The Kier molecular flexibility index (Phi) is 6.17. The highest BCUT2D eigenvalue weighted by Gasteiger charge is 2.69.